The van der Waals surface area contributed by atoms with Crippen LogP contribution in [0, 0.1) is 17.6 Å². The number of para-hydroxylation sites is 1. The zero-order chi connectivity index (χ0) is 13.4. The highest BCUT2D eigenvalue weighted by molar-refractivity contribution is 5.46. The number of nitrogens with one attached hydrogen (secondary N) is 1. The second kappa shape index (κ2) is 4.68. The van der Waals surface area contributed by atoms with Crippen molar-refractivity contribution in [2.45, 2.75) is 25.8 Å². The van der Waals surface area contributed by atoms with Gasteiger partial charge in [-0.2, -0.15) is 0 Å². The van der Waals surface area contributed by atoms with E-state index in [1.807, 2.05) is 12.1 Å². The maximum Gasteiger partial charge on any atom is 0.149 e. The molecule has 2 nitrogen and oxygen atoms in total. The molecule has 0 spiro atoms. The molecular formula is C15H15F2NO. The predicted molar refractivity (Wildman–Crippen MR) is 68.9 cm³/mol. The Morgan fingerprint density at radius 1 is 1.21 bits per heavy atom. The van der Waals surface area contributed by atoms with E-state index in [-0.39, 0.29) is 12.2 Å². The third-order valence-electron chi connectivity index (χ3n) is 3.56. The molecule has 0 radical (unpaired) electrons. The molecule has 2 aromatic rings. The van der Waals surface area contributed by atoms with E-state index in [2.05, 4.69) is 12.2 Å². The van der Waals surface area contributed by atoms with Gasteiger partial charge in [0.2, 0.25) is 0 Å². The number of benzene rings is 1. The quantitative estimate of drug-likeness (QED) is 0.890. The Balaban J connectivity index is 1.67. The number of furan rings is 1. The van der Waals surface area contributed by atoms with Crippen molar-refractivity contribution in [1.29, 1.82) is 0 Å². The molecule has 3 rings (SSSR count). The summed E-state index contributed by atoms with van der Waals surface area (Å²) in [7, 11) is 0. The second-order valence-corrected chi connectivity index (χ2v) is 5.07. The highest BCUT2D eigenvalue weighted by Gasteiger charge is 2.36. The van der Waals surface area contributed by atoms with E-state index >= 15 is 0 Å². The fourth-order valence-electron chi connectivity index (χ4n) is 2.25. The molecule has 0 saturated heterocycles. The van der Waals surface area contributed by atoms with Crippen LogP contribution in [0.1, 0.15) is 30.8 Å². The highest BCUT2D eigenvalue weighted by atomic mass is 19.1. The molecule has 1 aliphatic rings. The molecule has 2 unspecified atom stereocenters. The van der Waals surface area contributed by atoms with Crippen molar-refractivity contribution in [2.24, 2.45) is 5.92 Å². The van der Waals surface area contributed by atoms with Gasteiger partial charge in [-0.15, -0.1) is 0 Å². The van der Waals surface area contributed by atoms with Crippen LogP contribution in [-0.2, 0) is 6.54 Å². The van der Waals surface area contributed by atoms with Crippen LogP contribution < -0.4 is 5.32 Å². The first-order valence-electron chi connectivity index (χ1n) is 6.41. The Morgan fingerprint density at radius 2 is 1.89 bits per heavy atom. The predicted octanol–water partition coefficient (Wildman–Crippen LogP) is 4.29. The Morgan fingerprint density at radius 3 is 2.53 bits per heavy atom. The molecule has 0 bridgehead atoms. The smallest absolute Gasteiger partial charge is 0.149 e. The summed E-state index contributed by atoms with van der Waals surface area (Å²) in [5, 5.41) is 2.74. The van der Waals surface area contributed by atoms with Gasteiger partial charge in [-0.1, -0.05) is 13.0 Å². The van der Waals surface area contributed by atoms with Crippen molar-refractivity contribution < 1.29 is 13.2 Å². The van der Waals surface area contributed by atoms with Crippen molar-refractivity contribution in [2.75, 3.05) is 5.32 Å². The van der Waals surface area contributed by atoms with Crippen LogP contribution in [0.2, 0.25) is 0 Å². The van der Waals surface area contributed by atoms with Crippen LogP contribution in [0.3, 0.4) is 0 Å². The van der Waals surface area contributed by atoms with Gasteiger partial charge in [-0.3, -0.25) is 0 Å². The zero-order valence-corrected chi connectivity index (χ0v) is 10.6. The lowest BCUT2D eigenvalue weighted by molar-refractivity contribution is 0.467. The molecule has 1 aliphatic carbocycles. The minimum absolute atomic E-state index is 0.111. The molecule has 1 N–H and O–H groups in total. The van der Waals surface area contributed by atoms with E-state index in [0.717, 1.165) is 12.2 Å². The fourth-order valence-corrected chi connectivity index (χ4v) is 2.25. The molecule has 2 atom stereocenters. The summed E-state index contributed by atoms with van der Waals surface area (Å²) in [4.78, 5) is 0. The van der Waals surface area contributed by atoms with Crippen molar-refractivity contribution in [3.63, 3.8) is 0 Å². The molecule has 0 amide bonds. The molecule has 19 heavy (non-hydrogen) atoms. The lowest BCUT2D eigenvalue weighted by atomic mass is 10.2. The van der Waals surface area contributed by atoms with Gasteiger partial charge in [0.25, 0.3) is 0 Å². The van der Waals surface area contributed by atoms with E-state index in [0.29, 0.717) is 17.6 Å². The number of anilines is 1. The molecule has 1 aromatic carbocycles. The van der Waals surface area contributed by atoms with E-state index in [4.69, 9.17) is 4.42 Å². The Kier molecular flexibility index (Phi) is 3.01. The van der Waals surface area contributed by atoms with Gasteiger partial charge >= 0.3 is 0 Å². The van der Waals surface area contributed by atoms with Gasteiger partial charge in [-0.25, -0.2) is 8.78 Å². The maximum absolute atomic E-state index is 13.4. The lowest BCUT2D eigenvalue weighted by Crippen LogP contribution is -2.02. The summed E-state index contributed by atoms with van der Waals surface area (Å²) in [5.41, 5.74) is -0.111. The van der Waals surface area contributed by atoms with E-state index in [9.17, 15) is 8.78 Å². The van der Waals surface area contributed by atoms with Crippen LogP contribution in [-0.4, -0.2) is 0 Å². The summed E-state index contributed by atoms with van der Waals surface area (Å²) in [6.07, 6.45) is 1.16. The fraction of sp³-hybridized carbons (Fsp3) is 0.333. The Labute approximate surface area is 110 Å². The number of hydrogen-bond donors (Lipinski definition) is 1. The van der Waals surface area contributed by atoms with E-state index in [1.54, 1.807) is 0 Å². The standard InChI is InChI=1S/C15H15F2NO/c1-9-7-11(9)14-6-5-10(19-14)8-18-15-12(16)3-2-4-13(15)17/h2-6,9,11,18H,7-8H2,1H3. The van der Waals surface area contributed by atoms with Crippen molar-refractivity contribution >= 4 is 5.69 Å². The number of hydrogen-bond acceptors (Lipinski definition) is 2. The first-order valence-corrected chi connectivity index (χ1v) is 6.41. The number of halogens is 2. The Bertz CT molecular complexity index is 573. The van der Waals surface area contributed by atoms with Crippen LogP contribution in [0.25, 0.3) is 0 Å². The Hall–Kier alpha value is -1.84. The van der Waals surface area contributed by atoms with E-state index in [1.165, 1.54) is 18.2 Å². The molecule has 1 aromatic heterocycles. The first kappa shape index (κ1) is 12.2. The average molecular weight is 263 g/mol. The third kappa shape index (κ3) is 2.48. The van der Waals surface area contributed by atoms with Crippen LogP contribution in [0.4, 0.5) is 14.5 Å². The normalized spacial score (nSPS) is 21.4. The van der Waals surface area contributed by atoms with Crippen molar-refractivity contribution in [3.05, 3.63) is 53.5 Å². The SMILES string of the molecule is CC1CC1c1ccc(CNc2c(F)cccc2F)o1. The largest absolute Gasteiger partial charge is 0.464 e. The highest BCUT2D eigenvalue weighted by Crippen LogP contribution is 2.47. The molecule has 100 valence electrons. The van der Waals surface area contributed by atoms with Crippen LogP contribution in [0.5, 0.6) is 0 Å². The van der Waals surface area contributed by atoms with Gasteiger partial charge in [0.05, 0.1) is 6.54 Å². The molecule has 0 aliphatic heterocycles. The molecule has 1 saturated carbocycles. The molecule has 4 heteroatoms. The summed E-state index contributed by atoms with van der Waals surface area (Å²) in [6, 6.07) is 7.60. The zero-order valence-electron chi connectivity index (χ0n) is 10.6. The van der Waals surface area contributed by atoms with Gasteiger partial charge in [-0.05, 0) is 36.6 Å². The molecular weight excluding hydrogens is 248 g/mol. The van der Waals surface area contributed by atoms with Gasteiger partial charge in [0.15, 0.2) is 0 Å². The average Bonchev–Trinajstić information content (AvgIpc) is 2.92. The maximum atomic E-state index is 13.4. The van der Waals surface area contributed by atoms with Gasteiger partial charge < -0.3 is 9.73 Å². The minimum atomic E-state index is -0.595. The third-order valence-corrected chi connectivity index (χ3v) is 3.56. The van der Waals surface area contributed by atoms with Gasteiger partial charge in [0, 0.05) is 5.92 Å². The topological polar surface area (TPSA) is 25.2 Å². The second-order valence-electron chi connectivity index (χ2n) is 5.07. The molecule has 1 fully saturated rings. The lowest BCUT2D eigenvalue weighted by Gasteiger charge is -2.06. The first-order chi connectivity index (χ1) is 9.15. The minimum Gasteiger partial charge on any atom is -0.464 e. The monoisotopic (exact) mass is 263 g/mol. The summed E-state index contributed by atoms with van der Waals surface area (Å²) in [5.74, 6) is 1.66. The van der Waals surface area contributed by atoms with Crippen LogP contribution in [0.15, 0.2) is 34.7 Å². The summed E-state index contributed by atoms with van der Waals surface area (Å²) >= 11 is 0. The summed E-state index contributed by atoms with van der Waals surface area (Å²) < 4.78 is 32.5. The van der Waals surface area contributed by atoms with Crippen LogP contribution >= 0.6 is 0 Å². The summed E-state index contributed by atoms with van der Waals surface area (Å²) in [6.45, 7) is 2.46. The van der Waals surface area contributed by atoms with E-state index < -0.39 is 11.6 Å². The van der Waals surface area contributed by atoms with Crippen molar-refractivity contribution in [3.8, 4) is 0 Å². The number of rotatable bonds is 4. The van der Waals surface area contributed by atoms with Crippen molar-refractivity contribution in [1.82, 2.24) is 0 Å². The molecule has 1 heterocycles. The van der Waals surface area contributed by atoms with Gasteiger partial charge in [0.1, 0.15) is 28.8 Å².